The number of esters is 1. The highest BCUT2D eigenvalue weighted by molar-refractivity contribution is 6.30. The van der Waals surface area contributed by atoms with Crippen LogP contribution < -0.4 is 4.90 Å². The number of hydrogen-bond acceptors (Lipinski definition) is 3. The third-order valence-corrected chi connectivity index (χ3v) is 4.06. The van der Waals surface area contributed by atoms with Gasteiger partial charge in [-0.1, -0.05) is 25.4 Å². The number of nitrogens with zero attached hydrogens (tertiary/aromatic N) is 1. The highest BCUT2D eigenvalue weighted by Gasteiger charge is 2.31. The lowest BCUT2D eigenvalue weighted by molar-refractivity contribution is -0.145. The number of anilines is 1. The van der Waals surface area contributed by atoms with E-state index in [1.165, 1.54) is 5.56 Å². The highest BCUT2D eigenvalue weighted by Crippen LogP contribution is 2.32. The van der Waals surface area contributed by atoms with E-state index in [1.807, 2.05) is 25.1 Å². The number of ether oxygens (including phenoxy) is 1. The summed E-state index contributed by atoms with van der Waals surface area (Å²) in [5, 5.41) is 0.757. The van der Waals surface area contributed by atoms with Crippen molar-refractivity contribution in [1.29, 1.82) is 0 Å². The van der Waals surface area contributed by atoms with Crippen LogP contribution in [-0.2, 0) is 16.0 Å². The average molecular weight is 310 g/mol. The lowest BCUT2D eigenvalue weighted by atomic mass is 9.96. The van der Waals surface area contributed by atoms with E-state index in [-0.39, 0.29) is 12.0 Å². The van der Waals surface area contributed by atoms with Gasteiger partial charge in [0.2, 0.25) is 0 Å². The maximum Gasteiger partial charge on any atom is 0.328 e. The molecule has 0 saturated carbocycles. The average Bonchev–Trinajstić information content (AvgIpc) is 2.44. The highest BCUT2D eigenvalue weighted by atomic mass is 35.5. The molecule has 0 aliphatic carbocycles. The van der Waals surface area contributed by atoms with Crippen LogP contribution in [0.2, 0.25) is 5.02 Å². The predicted octanol–water partition coefficient (Wildman–Crippen LogP) is 4.07. The molecular formula is C17H24ClNO2. The van der Waals surface area contributed by atoms with Gasteiger partial charge < -0.3 is 9.64 Å². The van der Waals surface area contributed by atoms with E-state index < -0.39 is 0 Å². The number of benzene rings is 1. The van der Waals surface area contributed by atoms with Crippen LogP contribution in [0, 0.1) is 5.92 Å². The van der Waals surface area contributed by atoms with Gasteiger partial charge in [-0.2, -0.15) is 0 Å². The molecule has 0 unspecified atom stereocenters. The second kappa shape index (κ2) is 7.17. The van der Waals surface area contributed by atoms with E-state index in [4.69, 9.17) is 16.3 Å². The molecule has 0 amide bonds. The molecular weight excluding hydrogens is 286 g/mol. The van der Waals surface area contributed by atoms with E-state index in [1.54, 1.807) is 0 Å². The summed E-state index contributed by atoms with van der Waals surface area (Å²) in [6, 6.07) is 5.74. The quantitative estimate of drug-likeness (QED) is 0.768. The fourth-order valence-electron chi connectivity index (χ4n) is 2.95. The van der Waals surface area contributed by atoms with E-state index in [9.17, 15) is 4.79 Å². The van der Waals surface area contributed by atoms with E-state index in [0.29, 0.717) is 12.5 Å². The Bertz CT molecular complexity index is 502. The Hall–Kier alpha value is -1.22. The number of carbonyl (C=O) groups is 1. The van der Waals surface area contributed by atoms with Crippen molar-refractivity contribution in [2.24, 2.45) is 5.92 Å². The summed E-state index contributed by atoms with van der Waals surface area (Å²) in [6.07, 6.45) is 2.87. The number of aryl methyl sites for hydroxylation is 1. The van der Waals surface area contributed by atoms with Crippen LogP contribution in [0.1, 0.15) is 39.2 Å². The van der Waals surface area contributed by atoms with Gasteiger partial charge in [0, 0.05) is 17.3 Å². The van der Waals surface area contributed by atoms with Gasteiger partial charge in [-0.15, -0.1) is 0 Å². The first-order valence-electron chi connectivity index (χ1n) is 7.74. The van der Waals surface area contributed by atoms with Gasteiger partial charge in [0.05, 0.1) is 6.61 Å². The molecule has 0 radical (unpaired) electrons. The van der Waals surface area contributed by atoms with E-state index >= 15 is 0 Å². The minimum Gasteiger partial charge on any atom is -0.464 e. The Balaban J connectivity index is 2.31. The van der Waals surface area contributed by atoms with Crippen molar-refractivity contribution in [1.82, 2.24) is 0 Å². The first kappa shape index (κ1) is 16.2. The molecule has 0 bridgehead atoms. The van der Waals surface area contributed by atoms with Crippen LogP contribution in [0.25, 0.3) is 0 Å². The summed E-state index contributed by atoms with van der Waals surface area (Å²) in [6.45, 7) is 7.45. The molecule has 116 valence electrons. The molecule has 3 nitrogen and oxygen atoms in total. The Kier molecular flexibility index (Phi) is 5.51. The lowest BCUT2D eigenvalue weighted by Crippen LogP contribution is -2.45. The summed E-state index contributed by atoms with van der Waals surface area (Å²) in [5.74, 6) is 0.325. The fourth-order valence-corrected chi connectivity index (χ4v) is 3.15. The molecule has 4 heteroatoms. The van der Waals surface area contributed by atoms with Crippen molar-refractivity contribution < 1.29 is 9.53 Å². The number of hydrogen-bond donors (Lipinski definition) is 0. The van der Waals surface area contributed by atoms with Crippen LogP contribution in [0.15, 0.2) is 18.2 Å². The smallest absolute Gasteiger partial charge is 0.328 e. The normalized spacial score (nSPS) is 15.8. The molecule has 1 heterocycles. The van der Waals surface area contributed by atoms with Crippen LogP contribution in [0.3, 0.4) is 0 Å². The standard InChI is InChI=1S/C17H24ClNO2/c1-4-21-17(20)16(10-12(2)3)19-9-5-6-13-11-14(18)7-8-15(13)19/h7-8,11-12,16H,4-6,9-10H2,1-3H3/t16-/m1/s1. The number of fused-ring (bicyclic) bond motifs is 1. The van der Waals surface area contributed by atoms with Crippen LogP contribution in [-0.4, -0.2) is 25.2 Å². The van der Waals surface area contributed by atoms with Crippen molar-refractivity contribution in [2.45, 2.75) is 46.1 Å². The molecule has 1 aromatic carbocycles. The number of rotatable bonds is 5. The van der Waals surface area contributed by atoms with E-state index in [2.05, 4.69) is 18.7 Å². The van der Waals surface area contributed by atoms with E-state index in [0.717, 1.165) is 36.5 Å². The SMILES string of the molecule is CCOC(=O)[C@@H](CC(C)C)N1CCCc2cc(Cl)ccc21. The minimum atomic E-state index is -0.204. The summed E-state index contributed by atoms with van der Waals surface area (Å²) in [7, 11) is 0. The summed E-state index contributed by atoms with van der Waals surface area (Å²) < 4.78 is 5.29. The van der Waals surface area contributed by atoms with Crippen LogP contribution in [0.4, 0.5) is 5.69 Å². The second-order valence-electron chi connectivity index (χ2n) is 5.97. The zero-order valence-electron chi connectivity index (χ0n) is 13.1. The molecule has 0 spiro atoms. The third kappa shape index (κ3) is 3.91. The molecule has 0 saturated heterocycles. The third-order valence-electron chi connectivity index (χ3n) is 3.83. The summed E-state index contributed by atoms with van der Waals surface area (Å²) >= 11 is 6.09. The first-order chi connectivity index (χ1) is 10.0. The first-order valence-corrected chi connectivity index (χ1v) is 8.12. The lowest BCUT2D eigenvalue weighted by Gasteiger charge is -2.37. The maximum atomic E-state index is 12.4. The number of carbonyl (C=O) groups excluding carboxylic acids is 1. The van der Waals surface area contributed by atoms with Crippen molar-refractivity contribution in [2.75, 3.05) is 18.1 Å². The summed E-state index contributed by atoms with van der Waals surface area (Å²) in [5.41, 5.74) is 2.36. The van der Waals surface area contributed by atoms with Crippen LogP contribution in [0.5, 0.6) is 0 Å². The molecule has 0 fully saturated rings. The van der Waals surface area contributed by atoms with Gasteiger partial charge >= 0.3 is 5.97 Å². The van der Waals surface area contributed by atoms with Crippen LogP contribution >= 0.6 is 11.6 Å². The fraction of sp³-hybridized carbons (Fsp3) is 0.588. The molecule has 1 aliphatic heterocycles. The van der Waals surface area contributed by atoms with Gasteiger partial charge in [0.25, 0.3) is 0 Å². The Morgan fingerprint density at radius 1 is 1.43 bits per heavy atom. The topological polar surface area (TPSA) is 29.5 Å². The summed E-state index contributed by atoms with van der Waals surface area (Å²) in [4.78, 5) is 14.6. The maximum absolute atomic E-state index is 12.4. The molecule has 1 aliphatic rings. The molecule has 0 aromatic heterocycles. The Morgan fingerprint density at radius 3 is 2.86 bits per heavy atom. The van der Waals surface area contributed by atoms with Crippen molar-refractivity contribution in [3.05, 3.63) is 28.8 Å². The zero-order chi connectivity index (χ0) is 15.4. The zero-order valence-corrected chi connectivity index (χ0v) is 13.8. The van der Waals surface area contributed by atoms with Gasteiger partial charge in [-0.25, -0.2) is 4.79 Å². The molecule has 0 N–H and O–H groups in total. The van der Waals surface area contributed by atoms with Crippen molar-refractivity contribution >= 4 is 23.3 Å². The molecule has 2 rings (SSSR count). The van der Waals surface area contributed by atoms with Gasteiger partial charge in [-0.05, 0) is 55.9 Å². The van der Waals surface area contributed by atoms with Crippen molar-refractivity contribution in [3.63, 3.8) is 0 Å². The van der Waals surface area contributed by atoms with Crippen molar-refractivity contribution in [3.8, 4) is 0 Å². The Morgan fingerprint density at radius 2 is 2.19 bits per heavy atom. The minimum absolute atomic E-state index is 0.117. The van der Waals surface area contributed by atoms with Gasteiger partial charge in [0.15, 0.2) is 0 Å². The van der Waals surface area contributed by atoms with Gasteiger partial charge in [0.1, 0.15) is 6.04 Å². The largest absolute Gasteiger partial charge is 0.464 e. The molecule has 1 aromatic rings. The molecule has 1 atom stereocenters. The Labute approximate surface area is 132 Å². The molecule has 21 heavy (non-hydrogen) atoms. The van der Waals surface area contributed by atoms with Gasteiger partial charge in [-0.3, -0.25) is 0 Å². The second-order valence-corrected chi connectivity index (χ2v) is 6.40. The number of halogens is 1. The predicted molar refractivity (Wildman–Crippen MR) is 87.0 cm³/mol. The monoisotopic (exact) mass is 309 g/mol.